The van der Waals surface area contributed by atoms with Crippen molar-refractivity contribution < 1.29 is 35.5 Å². The molecule has 1 aliphatic rings. The average molecular weight is 586 g/mol. The summed E-state index contributed by atoms with van der Waals surface area (Å²) in [5, 5.41) is 2.47. The molecule has 0 bridgehead atoms. The van der Waals surface area contributed by atoms with Gasteiger partial charge in [-0.15, -0.1) is 0 Å². The molecule has 1 fully saturated rings. The number of pyridine rings is 1. The second-order valence-corrected chi connectivity index (χ2v) is 11.3. The number of carbonyl (C=O) groups is 1. The Hall–Kier alpha value is -3.07. The minimum Gasteiger partial charge on any atom is -0.378 e. The lowest BCUT2D eigenvalue weighted by atomic mass is 10.1. The molecule has 2 aromatic heterocycles. The molecule has 9 nitrogen and oxygen atoms in total. The Bertz CT molecular complexity index is 1410. The van der Waals surface area contributed by atoms with Crippen LogP contribution in [0.4, 0.5) is 17.6 Å². The quantitative estimate of drug-likeness (QED) is 0.199. The predicted octanol–water partition coefficient (Wildman–Crippen LogP) is 3.45. The first-order chi connectivity index (χ1) is 19.1. The van der Waals surface area contributed by atoms with E-state index in [1.165, 1.54) is 14.5 Å². The molecule has 0 radical (unpaired) electrons. The molecule has 218 valence electrons. The lowest BCUT2D eigenvalue weighted by molar-refractivity contribution is -0.173. The highest BCUT2D eigenvalue weighted by Crippen LogP contribution is 2.27. The van der Waals surface area contributed by atoms with E-state index in [2.05, 4.69) is 4.98 Å². The normalized spacial score (nSPS) is 15.1. The fourth-order valence-electron chi connectivity index (χ4n) is 4.62. The van der Waals surface area contributed by atoms with Crippen LogP contribution in [-0.2, 0) is 32.8 Å². The minimum atomic E-state index is -4.97. The van der Waals surface area contributed by atoms with E-state index < -0.39 is 28.2 Å². The van der Waals surface area contributed by atoms with Gasteiger partial charge in [-0.1, -0.05) is 30.7 Å². The Balaban J connectivity index is 1.51. The summed E-state index contributed by atoms with van der Waals surface area (Å²) in [5.41, 5.74) is 1.56. The number of alkyl halides is 3. The van der Waals surface area contributed by atoms with Crippen molar-refractivity contribution in [2.24, 2.45) is 0 Å². The highest BCUT2D eigenvalue weighted by Gasteiger charge is 2.38. The topological polar surface area (TPSA) is 96.8 Å². The smallest absolute Gasteiger partial charge is 0.378 e. The van der Waals surface area contributed by atoms with Crippen LogP contribution in [0.25, 0.3) is 10.9 Å². The molecule has 0 unspecified atom stereocenters. The number of hydrogen-bond donors (Lipinski definition) is 1. The van der Waals surface area contributed by atoms with Gasteiger partial charge in [0.05, 0.1) is 18.7 Å². The van der Waals surface area contributed by atoms with Crippen molar-refractivity contribution in [2.75, 3.05) is 39.4 Å². The summed E-state index contributed by atoms with van der Waals surface area (Å²) < 4.78 is 86.6. The molecular formula is C26H31F4N5O4S. The second kappa shape index (κ2) is 13.1. The molecule has 14 heteroatoms. The van der Waals surface area contributed by atoms with Crippen molar-refractivity contribution in [2.45, 2.75) is 38.5 Å². The summed E-state index contributed by atoms with van der Waals surface area (Å²) in [5.74, 6) is -2.68. The number of aromatic nitrogens is 2. The average Bonchev–Trinajstić information content (AvgIpc) is 3.30. The predicted molar refractivity (Wildman–Crippen MR) is 140 cm³/mol. The van der Waals surface area contributed by atoms with E-state index in [0.717, 1.165) is 24.6 Å². The maximum Gasteiger partial charge on any atom is 0.471 e. The molecule has 3 heterocycles. The number of rotatable bonds is 12. The number of piperidine rings is 1. The van der Waals surface area contributed by atoms with E-state index in [1.807, 2.05) is 17.0 Å². The molecule has 40 heavy (non-hydrogen) atoms. The molecule has 1 N–H and O–H groups in total. The molecular weight excluding hydrogens is 554 g/mol. The van der Waals surface area contributed by atoms with Gasteiger partial charge in [0.1, 0.15) is 0 Å². The van der Waals surface area contributed by atoms with E-state index >= 15 is 0 Å². The first-order valence-electron chi connectivity index (χ1n) is 12.9. The van der Waals surface area contributed by atoms with Crippen LogP contribution in [-0.4, -0.2) is 78.1 Å². The van der Waals surface area contributed by atoms with Gasteiger partial charge in [0, 0.05) is 62.6 Å². The molecule has 1 aromatic carbocycles. The summed E-state index contributed by atoms with van der Waals surface area (Å²) >= 11 is 0. The summed E-state index contributed by atoms with van der Waals surface area (Å²) in [4.78, 5) is 16.5. The van der Waals surface area contributed by atoms with Crippen LogP contribution in [0, 0.1) is 5.95 Å². The first kappa shape index (κ1) is 29.9. The van der Waals surface area contributed by atoms with Gasteiger partial charge in [0.2, 0.25) is 5.95 Å². The van der Waals surface area contributed by atoms with Crippen molar-refractivity contribution in [3.8, 4) is 0 Å². The Morgan fingerprint density at radius 3 is 2.48 bits per heavy atom. The Labute approximate surface area is 229 Å². The second-order valence-electron chi connectivity index (χ2n) is 9.46. The zero-order valence-electron chi connectivity index (χ0n) is 21.7. The number of amides is 1. The van der Waals surface area contributed by atoms with Crippen molar-refractivity contribution in [1.82, 2.24) is 23.5 Å². The summed E-state index contributed by atoms with van der Waals surface area (Å²) in [6.07, 6.45) is 0.548. The molecule has 3 aromatic rings. The van der Waals surface area contributed by atoms with Crippen LogP contribution in [0.3, 0.4) is 0 Å². The minimum absolute atomic E-state index is 0.0779. The zero-order valence-corrected chi connectivity index (χ0v) is 22.6. The number of fused-ring (bicyclic) bond motifs is 1. The van der Waals surface area contributed by atoms with Gasteiger partial charge in [0.15, 0.2) is 0 Å². The van der Waals surface area contributed by atoms with Crippen LogP contribution in [0.2, 0.25) is 0 Å². The van der Waals surface area contributed by atoms with Crippen molar-refractivity contribution in [1.29, 1.82) is 0 Å². The van der Waals surface area contributed by atoms with E-state index in [4.69, 9.17) is 4.74 Å². The largest absolute Gasteiger partial charge is 0.471 e. The van der Waals surface area contributed by atoms with Gasteiger partial charge < -0.3 is 10.1 Å². The van der Waals surface area contributed by atoms with Crippen LogP contribution in [0.1, 0.15) is 30.4 Å². The fourth-order valence-corrected chi connectivity index (χ4v) is 6.26. The highest BCUT2D eigenvalue weighted by atomic mass is 32.2. The van der Waals surface area contributed by atoms with Gasteiger partial charge in [-0.05, 0) is 30.5 Å². The van der Waals surface area contributed by atoms with Gasteiger partial charge in [-0.2, -0.15) is 30.3 Å². The SMILES string of the molecule is O=C(NCCOCCN(Cc1cccnc1F)Cc1cn(S(=O)(=O)N2CCCCC2)c2ccccc12)C(F)(F)F. The lowest BCUT2D eigenvalue weighted by Crippen LogP contribution is -2.39. The highest BCUT2D eigenvalue weighted by molar-refractivity contribution is 7.87. The molecule has 0 saturated carbocycles. The molecule has 0 aliphatic carbocycles. The molecule has 0 atom stereocenters. The molecule has 1 amide bonds. The summed E-state index contributed by atoms with van der Waals surface area (Å²) in [7, 11) is -3.79. The fraction of sp³-hybridized carbons (Fsp3) is 0.462. The first-order valence-corrected chi connectivity index (χ1v) is 14.3. The van der Waals surface area contributed by atoms with Crippen LogP contribution >= 0.6 is 0 Å². The molecule has 0 spiro atoms. The number of para-hydroxylation sites is 1. The van der Waals surface area contributed by atoms with Crippen molar-refractivity contribution in [3.63, 3.8) is 0 Å². The van der Waals surface area contributed by atoms with Crippen LogP contribution < -0.4 is 5.32 Å². The Kier molecular flexibility index (Phi) is 9.77. The molecule has 1 aliphatic heterocycles. The maximum absolute atomic E-state index is 14.4. The van der Waals surface area contributed by atoms with Crippen molar-refractivity contribution in [3.05, 3.63) is 65.9 Å². The van der Waals surface area contributed by atoms with E-state index in [-0.39, 0.29) is 39.4 Å². The molecule has 4 rings (SSSR count). The van der Waals surface area contributed by atoms with Crippen LogP contribution in [0.5, 0.6) is 0 Å². The molecule has 1 saturated heterocycles. The third-order valence-electron chi connectivity index (χ3n) is 6.62. The monoisotopic (exact) mass is 585 g/mol. The standard InChI is InChI=1S/C26H31F4N5O4S/c27-24-20(7-6-10-31-24)17-33(14-16-39-15-11-32-25(36)26(28,29)30)18-21-19-35(23-9-3-2-8-22(21)23)40(37,38)34-12-4-1-5-13-34/h2-3,6-10,19H,1,4-5,11-18H2,(H,32,36). The van der Waals surface area contributed by atoms with Crippen molar-refractivity contribution >= 4 is 27.0 Å². The van der Waals surface area contributed by atoms with Crippen LogP contribution in [0.15, 0.2) is 48.8 Å². The Morgan fingerprint density at radius 1 is 1.02 bits per heavy atom. The third-order valence-corrected chi connectivity index (χ3v) is 8.43. The summed E-state index contributed by atoms with van der Waals surface area (Å²) in [6.45, 7) is 1.14. The summed E-state index contributed by atoms with van der Waals surface area (Å²) in [6, 6.07) is 10.3. The maximum atomic E-state index is 14.4. The number of nitrogens with one attached hydrogen (secondary N) is 1. The number of carbonyl (C=O) groups excluding carboxylic acids is 1. The number of hydrogen-bond acceptors (Lipinski definition) is 6. The van der Waals surface area contributed by atoms with Gasteiger partial charge in [-0.3, -0.25) is 9.69 Å². The van der Waals surface area contributed by atoms with Gasteiger partial charge in [0.25, 0.3) is 0 Å². The third kappa shape index (κ3) is 7.36. The Morgan fingerprint density at radius 2 is 1.75 bits per heavy atom. The lowest BCUT2D eigenvalue weighted by Gasteiger charge is -2.26. The van der Waals surface area contributed by atoms with E-state index in [0.29, 0.717) is 29.7 Å². The number of ether oxygens (including phenoxy) is 1. The number of nitrogens with zero attached hydrogens (tertiary/aromatic N) is 4. The van der Waals surface area contributed by atoms with Gasteiger partial charge in [-0.25, -0.2) is 8.96 Å². The number of benzene rings is 1. The number of halogens is 4. The zero-order chi connectivity index (χ0) is 28.8. The van der Waals surface area contributed by atoms with E-state index in [9.17, 15) is 30.8 Å². The van der Waals surface area contributed by atoms with E-state index in [1.54, 1.807) is 35.8 Å². The van der Waals surface area contributed by atoms with Gasteiger partial charge >= 0.3 is 22.3 Å².